The van der Waals surface area contributed by atoms with Gasteiger partial charge in [0.05, 0.1) is 12.1 Å². The maximum Gasteiger partial charge on any atom is 0.0963 e. The molecule has 1 atom stereocenters. The first-order chi connectivity index (χ1) is 6.36. The topological polar surface area (TPSA) is 35.8 Å². The van der Waals surface area contributed by atoms with E-state index in [4.69, 9.17) is 5.26 Å². The van der Waals surface area contributed by atoms with Gasteiger partial charge in [-0.1, -0.05) is 12.8 Å². The summed E-state index contributed by atoms with van der Waals surface area (Å²) in [7, 11) is 0. The first kappa shape index (κ1) is 10.9. The van der Waals surface area contributed by atoms with E-state index in [0.29, 0.717) is 6.04 Å². The highest BCUT2D eigenvalue weighted by molar-refractivity contribution is 7.98. The van der Waals surface area contributed by atoms with E-state index in [9.17, 15) is 0 Å². The molecule has 74 valence electrons. The van der Waals surface area contributed by atoms with Crippen LogP contribution in [0.2, 0.25) is 0 Å². The molecule has 1 saturated carbocycles. The Kier molecular flexibility index (Phi) is 5.26. The zero-order chi connectivity index (χ0) is 9.52. The molecule has 0 amide bonds. The fourth-order valence-corrected chi connectivity index (χ4v) is 2.27. The van der Waals surface area contributed by atoms with Gasteiger partial charge in [0.25, 0.3) is 0 Å². The lowest BCUT2D eigenvalue weighted by molar-refractivity contribution is 0.476. The number of nitrogens with one attached hydrogen (secondary N) is 1. The molecule has 1 aliphatic rings. The van der Waals surface area contributed by atoms with E-state index in [-0.39, 0.29) is 6.04 Å². The van der Waals surface area contributed by atoms with Crippen molar-refractivity contribution in [2.45, 2.75) is 44.2 Å². The molecule has 2 nitrogen and oxygen atoms in total. The van der Waals surface area contributed by atoms with Crippen molar-refractivity contribution in [2.75, 3.05) is 12.0 Å². The summed E-state index contributed by atoms with van der Waals surface area (Å²) in [6.07, 6.45) is 8.25. The standard InChI is InChI=1S/C10H18N2S/c1-13-7-6-10(8-11)12-9-4-2-3-5-9/h9-10,12H,2-7H2,1H3. The zero-order valence-corrected chi connectivity index (χ0v) is 9.07. The summed E-state index contributed by atoms with van der Waals surface area (Å²) in [6, 6.07) is 3.04. The third kappa shape index (κ3) is 4.02. The molecule has 0 bridgehead atoms. The third-order valence-corrected chi connectivity index (χ3v) is 3.20. The van der Waals surface area contributed by atoms with Crippen molar-refractivity contribution < 1.29 is 0 Å². The van der Waals surface area contributed by atoms with Gasteiger partial charge in [0.1, 0.15) is 0 Å². The molecule has 0 spiro atoms. The summed E-state index contributed by atoms with van der Waals surface area (Å²) in [4.78, 5) is 0. The number of nitriles is 1. The molecule has 1 rings (SSSR count). The third-order valence-electron chi connectivity index (χ3n) is 2.56. The van der Waals surface area contributed by atoms with Crippen LogP contribution in [-0.2, 0) is 0 Å². The molecule has 0 aromatic heterocycles. The lowest BCUT2D eigenvalue weighted by Crippen LogP contribution is -2.36. The first-order valence-corrected chi connectivity index (χ1v) is 6.41. The van der Waals surface area contributed by atoms with Crippen molar-refractivity contribution in [3.8, 4) is 6.07 Å². The Morgan fingerprint density at radius 3 is 2.77 bits per heavy atom. The quantitative estimate of drug-likeness (QED) is 0.735. The zero-order valence-electron chi connectivity index (χ0n) is 8.25. The van der Waals surface area contributed by atoms with Gasteiger partial charge in [-0.15, -0.1) is 0 Å². The number of nitrogens with zero attached hydrogens (tertiary/aromatic N) is 1. The maximum atomic E-state index is 8.89. The maximum absolute atomic E-state index is 8.89. The van der Waals surface area contributed by atoms with E-state index >= 15 is 0 Å². The van der Waals surface area contributed by atoms with E-state index in [1.807, 2.05) is 11.8 Å². The summed E-state index contributed by atoms with van der Waals surface area (Å²) in [6.45, 7) is 0. The van der Waals surface area contributed by atoms with Gasteiger partial charge in [0.15, 0.2) is 0 Å². The Morgan fingerprint density at radius 1 is 1.54 bits per heavy atom. The van der Waals surface area contributed by atoms with Crippen LogP contribution in [0.1, 0.15) is 32.1 Å². The van der Waals surface area contributed by atoms with Crippen molar-refractivity contribution in [1.82, 2.24) is 5.32 Å². The van der Waals surface area contributed by atoms with Crippen LogP contribution < -0.4 is 5.32 Å². The second-order valence-electron chi connectivity index (χ2n) is 3.61. The Hall–Kier alpha value is -0.200. The molecule has 0 aromatic rings. The molecule has 3 heteroatoms. The number of thioether (sulfide) groups is 1. The minimum Gasteiger partial charge on any atom is -0.299 e. The molecule has 0 aromatic carbocycles. The molecule has 1 fully saturated rings. The monoisotopic (exact) mass is 198 g/mol. The summed E-state index contributed by atoms with van der Waals surface area (Å²) >= 11 is 1.81. The second kappa shape index (κ2) is 6.28. The average Bonchev–Trinajstić information content (AvgIpc) is 2.64. The average molecular weight is 198 g/mol. The molecule has 13 heavy (non-hydrogen) atoms. The molecule has 1 aliphatic carbocycles. The normalized spacial score (nSPS) is 20.0. The van der Waals surface area contributed by atoms with Crippen molar-refractivity contribution >= 4 is 11.8 Å². The molecule has 0 radical (unpaired) electrons. The van der Waals surface area contributed by atoms with E-state index in [0.717, 1.165) is 12.2 Å². The summed E-state index contributed by atoms with van der Waals surface area (Å²) < 4.78 is 0. The van der Waals surface area contributed by atoms with E-state index in [2.05, 4.69) is 17.6 Å². The van der Waals surface area contributed by atoms with Crippen LogP contribution in [0.4, 0.5) is 0 Å². The largest absolute Gasteiger partial charge is 0.299 e. The smallest absolute Gasteiger partial charge is 0.0963 e. The highest BCUT2D eigenvalue weighted by atomic mass is 32.2. The Morgan fingerprint density at radius 2 is 2.23 bits per heavy atom. The van der Waals surface area contributed by atoms with Crippen LogP contribution in [0.25, 0.3) is 0 Å². The van der Waals surface area contributed by atoms with Gasteiger partial charge < -0.3 is 0 Å². The van der Waals surface area contributed by atoms with Gasteiger partial charge in [-0.25, -0.2) is 0 Å². The summed E-state index contributed by atoms with van der Waals surface area (Å²) in [5.41, 5.74) is 0. The fraction of sp³-hybridized carbons (Fsp3) is 0.900. The number of hydrogen-bond donors (Lipinski definition) is 1. The van der Waals surface area contributed by atoms with Crippen LogP contribution in [0.3, 0.4) is 0 Å². The van der Waals surface area contributed by atoms with Gasteiger partial charge in [-0.05, 0) is 31.3 Å². The van der Waals surface area contributed by atoms with Crippen LogP contribution in [0, 0.1) is 11.3 Å². The first-order valence-electron chi connectivity index (χ1n) is 5.01. The van der Waals surface area contributed by atoms with Crippen molar-refractivity contribution in [3.63, 3.8) is 0 Å². The Balaban J connectivity index is 2.18. The summed E-state index contributed by atoms with van der Waals surface area (Å²) in [5, 5.41) is 12.3. The molecular weight excluding hydrogens is 180 g/mol. The second-order valence-corrected chi connectivity index (χ2v) is 4.60. The van der Waals surface area contributed by atoms with Gasteiger partial charge in [-0.2, -0.15) is 17.0 Å². The molecule has 1 unspecified atom stereocenters. The Labute approximate surface area is 85.1 Å². The van der Waals surface area contributed by atoms with Gasteiger partial charge in [0, 0.05) is 6.04 Å². The van der Waals surface area contributed by atoms with Crippen molar-refractivity contribution in [2.24, 2.45) is 0 Å². The molecule has 1 N–H and O–H groups in total. The minimum absolute atomic E-state index is 0.0792. The number of rotatable bonds is 5. The SMILES string of the molecule is CSCCC(C#N)NC1CCCC1. The van der Waals surface area contributed by atoms with Gasteiger partial charge in [0.2, 0.25) is 0 Å². The Bertz CT molecular complexity index is 170. The highest BCUT2D eigenvalue weighted by Crippen LogP contribution is 2.18. The molecule has 0 heterocycles. The van der Waals surface area contributed by atoms with Crippen LogP contribution in [0.5, 0.6) is 0 Å². The predicted molar refractivity (Wildman–Crippen MR) is 57.8 cm³/mol. The van der Waals surface area contributed by atoms with Crippen LogP contribution in [0.15, 0.2) is 0 Å². The molecular formula is C10H18N2S. The molecule has 0 saturated heterocycles. The lowest BCUT2D eigenvalue weighted by atomic mass is 10.2. The summed E-state index contributed by atoms with van der Waals surface area (Å²) in [5.74, 6) is 1.08. The predicted octanol–water partition coefficient (Wildman–Crippen LogP) is 2.16. The minimum atomic E-state index is 0.0792. The van der Waals surface area contributed by atoms with Gasteiger partial charge in [-0.3, -0.25) is 5.32 Å². The molecule has 0 aliphatic heterocycles. The van der Waals surface area contributed by atoms with Crippen LogP contribution >= 0.6 is 11.8 Å². The van der Waals surface area contributed by atoms with E-state index < -0.39 is 0 Å². The van der Waals surface area contributed by atoms with Gasteiger partial charge >= 0.3 is 0 Å². The van der Waals surface area contributed by atoms with E-state index in [1.54, 1.807) is 0 Å². The van der Waals surface area contributed by atoms with E-state index in [1.165, 1.54) is 25.7 Å². The fourth-order valence-electron chi connectivity index (χ4n) is 1.80. The number of hydrogen-bond acceptors (Lipinski definition) is 3. The lowest BCUT2D eigenvalue weighted by Gasteiger charge is -2.16. The highest BCUT2D eigenvalue weighted by Gasteiger charge is 2.18. The van der Waals surface area contributed by atoms with Crippen LogP contribution in [-0.4, -0.2) is 24.1 Å². The van der Waals surface area contributed by atoms with Crippen molar-refractivity contribution in [3.05, 3.63) is 0 Å². The van der Waals surface area contributed by atoms with Crippen molar-refractivity contribution in [1.29, 1.82) is 5.26 Å².